The fourth-order valence-electron chi connectivity index (χ4n) is 3.33. The van der Waals surface area contributed by atoms with Gasteiger partial charge in [-0.15, -0.1) is 24.0 Å². The van der Waals surface area contributed by atoms with E-state index in [9.17, 15) is 4.79 Å². The lowest BCUT2D eigenvalue weighted by Crippen LogP contribution is -2.46. The standard InChI is InChI=1S/C21H32ClN3O4.HI/c1-5-23-21(25-10-8-16(9-11-25)20(26)29-7-3)24-14-15-12-17(22)19(28-6-2)18(13-15)27-4;/h12-13,16H,5-11,14H2,1-4H3,(H,23,24);1H. The number of ether oxygens (including phenoxy) is 3. The smallest absolute Gasteiger partial charge is 0.309 e. The minimum absolute atomic E-state index is 0. The number of esters is 1. The van der Waals surface area contributed by atoms with Gasteiger partial charge in [0.1, 0.15) is 0 Å². The summed E-state index contributed by atoms with van der Waals surface area (Å²) in [6, 6.07) is 3.76. The molecule has 0 atom stereocenters. The van der Waals surface area contributed by atoms with Gasteiger partial charge in [0.05, 0.1) is 37.8 Å². The third-order valence-corrected chi connectivity index (χ3v) is 5.02. The normalized spacial score (nSPS) is 14.7. The van der Waals surface area contributed by atoms with Crippen LogP contribution < -0.4 is 14.8 Å². The monoisotopic (exact) mass is 553 g/mol. The predicted octanol–water partition coefficient (Wildman–Crippen LogP) is 4.11. The van der Waals surface area contributed by atoms with Crippen molar-refractivity contribution in [1.82, 2.24) is 10.2 Å². The maximum atomic E-state index is 12.0. The first kappa shape index (κ1) is 26.6. The molecule has 0 bridgehead atoms. The summed E-state index contributed by atoms with van der Waals surface area (Å²) in [7, 11) is 1.60. The molecule has 1 aliphatic heterocycles. The molecule has 170 valence electrons. The molecule has 0 aromatic heterocycles. The number of guanidine groups is 1. The molecule has 0 spiro atoms. The lowest BCUT2D eigenvalue weighted by Gasteiger charge is -2.33. The van der Waals surface area contributed by atoms with E-state index in [-0.39, 0.29) is 35.9 Å². The van der Waals surface area contributed by atoms with Crippen LogP contribution in [0, 0.1) is 5.92 Å². The second-order valence-electron chi connectivity index (χ2n) is 6.73. The highest BCUT2D eigenvalue weighted by molar-refractivity contribution is 14.0. The Kier molecular flexibility index (Phi) is 12.2. The zero-order valence-electron chi connectivity index (χ0n) is 18.2. The molecule has 1 heterocycles. The number of carbonyl (C=O) groups is 1. The number of piperidine rings is 1. The van der Waals surface area contributed by atoms with E-state index in [1.165, 1.54) is 0 Å². The number of rotatable bonds is 8. The Labute approximate surface area is 201 Å². The van der Waals surface area contributed by atoms with E-state index in [1.54, 1.807) is 7.11 Å². The van der Waals surface area contributed by atoms with Gasteiger partial charge in [0.2, 0.25) is 0 Å². The first-order chi connectivity index (χ1) is 14.0. The highest BCUT2D eigenvalue weighted by atomic mass is 127. The van der Waals surface area contributed by atoms with Crippen LogP contribution in [-0.4, -0.2) is 56.8 Å². The van der Waals surface area contributed by atoms with Crippen molar-refractivity contribution in [3.8, 4) is 11.5 Å². The van der Waals surface area contributed by atoms with E-state index in [0.29, 0.717) is 36.3 Å². The van der Waals surface area contributed by atoms with E-state index in [2.05, 4.69) is 10.2 Å². The Morgan fingerprint density at radius 3 is 2.50 bits per heavy atom. The minimum atomic E-state index is -0.0924. The van der Waals surface area contributed by atoms with Crippen molar-refractivity contribution in [3.05, 3.63) is 22.7 Å². The largest absolute Gasteiger partial charge is 0.493 e. The zero-order chi connectivity index (χ0) is 21.2. The number of nitrogens with zero attached hydrogens (tertiary/aromatic N) is 2. The topological polar surface area (TPSA) is 72.4 Å². The fourth-order valence-corrected chi connectivity index (χ4v) is 3.62. The number of hydrogen-bond acceptors (Lipinski definition) is 5. The van der Waals surface area contributed by atoms with Crippen molar-refractivity contribution < 1.29 is 19.0 Å². The Morgan fingerprint density at radius 1 is 1.23 bits per heavy atom. The molecule has 1 aromatic rings. The van der Waals surface area contributed by atoms with Crippen LogP contribution >= 0.6 is 35.6 Å². The summed E-state index contributed by atoms with van der Waals surface area (Å²) in [5, 5.41) is 3.85. The first-order valence-electron chi connectivity index (χ1n) is 10.2. The van der Waals surface area contributed by atoms with E-state index in [0.717, 1.165) is 44.0 Å². The molecule has 0 saturated carbocycles. The number of halogens is 2. The molecule has 1 fully saturated rings. The molecule has 1 aliphatic rings. The van der Waals surface area contributed by atoms with Crippen molar-refractivity contribution in [2.75, 3.05) is 40.0 Å². The van der Waals surface area contributed by atoms with Gasteiger partial charge in [-0.3, -0.25) is 4.79 Å². The van der Waals surface area contributed by atoms with Gasteiger partial charge in [-0.1, -0.05) is 11.6 Å². The molecule has 0 aliphatic carbocycles. The number of likely N-dealkylation sites (tertiary alicyclic amines) is 1. The van der Waals surface area contributed by atoms with Crippen molar-refractivity contribution in [2.45, 2.75) is 40.2 Å². The summed E-state index contributed by atoms with van der Waals surface area (Å²) < 4.78 is 16.1. The van der Waals surface area contributed by atoms with Crippen LogP contribution in [0.3, 0.4) is 0 Å². The molecule has 1 N–H and O–H groups in total. The molecule has 0 amide bonds. The maximum Gasteiger partial charge on any atom is 0.309 e. The molecule has 7 nitrogen and oxygen atoms in total. The quantitative estimate of drug-likeness (QED) is 0.226. The molecule has 0 unspecified atom stereocenters. The summed E-state index contributed by atoms with van der Waals surface area (Å²) in [6.45, 7) is 9.49. The van der Waals surface area contributed by atoms with Crippen LogP contribution in [0.4, 0.5) is 0 Å². The van der Waals surface area contributed by atoms with Gasteiger partial charge < -0.3 is 24.4 Å². The van der Waals surface area contributed by atoms with Gasteiger partial charge in [0, 0.05) is 19.6 Å². The molecule has 2 rings (SSSR count). The van der Waals surface area contributed by atoms with E-state index >= 15 is 0 Å². The average Bonchev–Trinajstić information content (AvgIpc) is 2.73. The van der Waals surface area contributed by atoms with Crippen LogP contribution in [0.25, 0.3) is 0 Å². The number of nitrogens with one attached hydrogen (secondary N) is 1. The van der Waals surface area contributed by atoms with Gasteiger partial charge >= 0.3 is 5.97 Å². The number of hydrogen-bond donors (Lipinski definition) is 1. The second-order valence-corrected chi connectivity index (χ2v) is 7.13. The summed E-state index contributed by atoms with van der Waals surface area (Å²) in [4.78, 5) is 18.9. The van der Waals surface area contributed by atoms with Gasteiger partial charge in [-0.25, -0.2) is 4.99 Å². The molecule has 9 heteroatoms. The molecular weight excluding hydrogens is 521 g/mol. The van der Waals surface area contributed by atoms with Crippen molar-refractivity contribution in [1.29, 1.82) is 0 Å². The first-order valence-corrected chi connectivity index (χ1v) is 10.6. The van der Waals surface area contributed by atoms with Crippen LogP contribution in [0.1, 0.15) is 39.2 Å². The molecular formula is C21H33ClIN3O4. The van der Waals surface area contributed by atoms with Gasteiger partial charge in [0.25, 0.3) is 0 Å². The average molecular weight is 554 g/mol. The van der Waals surface area contributed by atoms with Gasteiger partial charge in [-0.2, -0.15) is 0 Å². The van der Waals surface area contributed by atoms with Crippen LogP contribution in [0.15, 0.2) is 17.1 Å². The van der Waals surface area contributed by atoms with Gasteiger partial charge in [0.15, 0.2) is 17.5 Å². The summed E-state index contributed by atoms with van der Waals surface area (Å²) in [5.41, 5.74) is 0.937. The minimum Gasteiger partial charge on any atom is -0.493 e. The van der Waals surface area contributed by atoms with Crippen molar-refractivity contribution in [3.63, 3.8) is 0 Å². The lowest BCUT2D eigenvalue weighted by molar-refractivity contribution is -0.149. The van der Waals surface area contributed by atoms with E-state index in [4.69, 9.17) is 30.8 Å². The van der Waals surface area contributed by atoms with Gasteiger partial charge in [-0.05, 0) is 51.3 Å². The third-order valence-electron chi connectivity index (χ3n) is 4.74. The third kappa shape index (κ3) is 7.37. The summed E-state index contributed by atoms with van der Waals surface area (Å²) in [5.74, 6) is 1.87. The highest BCUT2D eigenvalue weighted by Gasteiger charge is 2.27. The molecule has 0 radical (unpaired) electrons. The Balaban J connectivity index is 0.00000450. The van der Waals surface area contributed by atoms with Crippen LogP contribution in [0.2, 0.25) is 5.02 Å². The second kappa shape index (κ2) is 13.8. The van der Waals surface area contributed by atoms with Crippen LogP contribution in [-0.2, 0) is 16.1 Å². The fraction of sp³-hybridized carbons (Fsp3) is 0.619. The molecule has 30 heavy (non-hydrogen) atoms. The Morgan fingerprint density at radius 2 is 1.93 bits per heavy atom. The van der Waals surface area contributed by atoms with E-state index < -0.39 is 0 Å². The summed E-state index contributed by atoms with van der Waals surface area (Å²) in [6.07, 6.45) is 1.54. The number of methoxy groups -OCH3 is 1. The Hall–Kier alpha value is -1.42. The Bertz CT molecular complexity index is 710. The highest BCUT2D eigenvalue weighted by Crippen LogP contribution is 2.36. The predicted molar refractivity (Wildman–Crippen MR) is 130 cm³/mol. The molecule has 1 aromatic carbocycles. The number of benzene rings is 1. The maximum absolute atomic E-state index is 12.0. The van der Waals surface area contributed by atoms with Crippen LogP contribution in [0.5, 0.6) is 11.5 Å². The SMILES string of the molecule is CCNC(=NCc1cc(Cl)c(OCC)c(OC)c1)N1CCC(C(=O)OCC)CC1.I. The lowest BCUT2D eigenvalue weighted by atomic mass is 9.97. The summed E-state index contributed by atoms with van der Waals surface area (Å²) >= 11 is 6.37. The number of aliphatic imine (C=N–C) groups is 1. The number of carbonyl (C=O) groups excluding carboxylic acids is 1. The van der Waals surface area contributed by atoms with Crippen molar-refractivity contribution in [2.24, 2.45) is 10.9 Å². The molecule has 1 saturated heterocycles. The van der Waals surface area contributed by atoms with E-state index in [1.807, 2.05) is 32.9 Å². The zero-order valence-corrected chi connectivity index (χ0v) is 21.3. The van der Waals surface area contributed by atoms with Crippen molar-refractivity contribution >= 4 is 47.5 Å².